The molecule has 0 aliphatic rings. The van der Waals surface area contributed by atoms with Gasteiger partial charge in [0.2, 0.25) is 0 Å². The van der Waals surface area contributed by atoms with E-state index in [0.717, 1.165) is 18.9 Å². The number of aryl methyl sites for hydroxylation is 1. The van der Waals surface area contributed by atoms with Gasteiger partial charge in [-0.1, -0.05) is 20.3 Å². The van der Waals surface area contributed by atoms with E-state index in [1.165, 1.54) is 37.2 Å². The highest BCUT2D eigenvalue weighted by Crippen LogP contribution is 2.08. The summed E-state index contributed by atoms with van der Waals surface area (Å²) in [5.74, 6) is 0.823. The van der Waals surface area contributed by atoms with E-state index in [1.807, 2.05) is 6.20 Å². The summed E-state index contributed by atoms with van der Waals surface area (Å²) in [5, 5.41) is 6.87. The molecule has 0 aromatic carbocycles. The number of hydrogen-bond acceptors (Lipinski definition) is 3. The van der Waals surface area contributed by atoms with Crippen molar-refractivity contribution in [2.75, 3.05) is 13.1 Å². The van der Waals surface area contributed by atoms with Crippen LogP contribution in [0.5, 0.6) is 0 Å². The maximum Gasteiger partial charge on any atom is 0.0924 e. The first-order valence-electron chi connectivity index (χ1n) is 6.42. The number of hydrogen-bond donors (Lipinski definition) is 1. The van der Waals surface area contributed by atoms with Crippen molar-refractivity contribution >= 4 is 11.3 Å². The van der Waals surface area contributed by atoms with Crippen LogP contribution in [0.25, 0.3) is 0 Å². The molecule has 1 heterocycles. The van der Waals surface area contributed by atoms with Gasteiger partial charge in [-0.15, -0.1) is 11.3 Å². The van der Waals surface area contributed by atoms with Crippen LogP contribution in [0, 0.1) is 5.92 Å². The molecule has 1 unspecified atom stereocenters. The smallest absolute Gasteiger partial charge is 0.0924 e. The van der Waals surface area contributed by atoms with Crippen molar-refractivity contribution in [3.8, 4) is 0 Å². The zero-order valence-corrected chi connectivity index (χ0v) is 11.4. The van der Waals surface area contributed by atoms with Crippen molar-refractivity contribution in [1.82, 2.24) is 10.3 Å². The minimum atomic E-state index is 0.823. The first-order valence-corrected chi connectivity index (χ1v) is 7.30. The van der Waals surface area contributed by atoms with Gasteiger partial charge < -0.3 is 5.32 Å². The largest absolute Gasteiger partial charge is 0.316 e. The predicted octanol–water partition coefficient (Wildman–Crippen LogP) is 3.49. The Bertz CT molecular complexity index is 246. The summed E-state index contributed by atoms with van der Waals surface area (Å²) in [4.78, 5) is 4.28. The maximum atomic E-state index is 4.28. The van der Waals surface area contributed by atoms with Crippen LogP contribution in [0.15, 0.2) is 11.6 Å². The van der Waals surface area contributed by atoms with Gasteiger partial charge >= 0.3 is 0 Å². The third-order valence-electron chi connectivity index (χ3n) is 2.75. The SMILES string of the molecule is CCCC(C)CNCCCCc1nccs1. The van der Waals surface area contributed by atoms with E-state index < -0.39 is 0 Å². The minimum absolute atomic E-state index is 0.823. The van der Waals surface area contributed by atoms with Crippen molar-refractivity contribution in [2.24, 2.45) is 5.92 Å². The molecule has 0 saturated heterocycles. The Kier molecular flexibility index (Phi) is 7.43. The number of nitrogens with zero attached hydrogens (tertiary/aromatic N) is 1. The highest BCUT2D eigenvalue weighted by Gasteiger charge is 1.99. The van der Waals surface area contributed by atoms with Crippen LogP contribution < -0.4 is 5.32 Å². The van der Waals surface area contributed by atoms with E-state index in [9.17, 15) is 0 Å². The summed E-state index contributed by atoms with van der Waals surface area (Å²) < 4.78 is 0. The Labute approximate surface area is 103 Å². The molecule has 0 fully saturated rings. The van der Waals surface area contributed by atoms with Gasteiger partial charge in [0.1, 0.15) is 0 Å². The molecule has 0 amide bonds. The van der Waals surface area contributed by atoms with Gasteiger partial charge in [-0.05, 0) is 44.7 Å². The molecule has 0 aliphatic carbocycles. The molecule has 2 nitrogen and oxygen atoms in total. The molecule has 1 rings (SSSR count). The monoisotopic (exact) mass is 240 g/mol. The summed E-state index contributed by atoms with van der Waals surface area (Å²) in [6, 6.07) is 0. The Morgan fingerprint density at radius 1 is 1.44 bits per heavy atom. The molecule has 0 saturated carbocycles. The fourth-order valence-corrected chi connectivity index (χ4v) is 2.51. The van der Waals surface area contributed by atoms with Crippen molar-refractivity contribution in [3.63, 3.8) is 0 Å². The zero-order valence-electron chi connectivity index (χ0n) is 10.5. The lowest BCUT2D eigenvalue weighted by Crippen LogP contribution is -2.22. The number of aromatic nitrogens is 1. The number of unbranched alkanes of at least 4 members (excludes halogenated alkanes) is 1. The van der Waals surface area contributed by atoms with Crippen LogP contribution in [0.2, 0.25) is 0 Å². The quantitative estimate of drug-likeness (QED) is 0.668. The molecule has 1 aromatic rings. The Balaban J connectivity index is 1.88. The summed E-state index contributed by atoms with van der Waals surface area (Å²) in [5.41, 5.74) is 0. The fraction of sp³-hybridized carbons (Fsp3) is 0.769. The van der Waals surface area contributed by atoms with Crippen LogP contribution in [0.3, 0.4) is 0 Å². The lowest BCUT2D eigenvalue weighted by atomic mass is 10.1. The average Bonchev–Trinajstić information content (AvgIpc) is 2.76. The molecule has 1 aromatic heterocycles. The fourth-order valence-electron chi connectivity index (χ4n) is 1.85. The minimum Gasteiger partial charge on any atom is -0.316 e. The molecule has 1 N–H and O–H groups in total. The average molecular weight is 240 g/mol. The normalized spacial score (nSPS) is 12.9. The Morgan fingerprint density at radius 2 is 2.31 bits per heavy atom. The third-order valence-corrected chi connectivity index (χ3v) is 3.59. The van der Waals surface area contributed by atoms with Gasteiger partial charge in [0, 0.05) is 11.6 Å². The molecule has 92 valence electrons. The topological polar surface area (TPSA) is 24.9 Å². The first kappa shape index (κ1) is 13.7. The van der Waals surface area contributed by atoms with Gasteiger partial charge in [-0.2, -0.15) is 0 Å². The van der Waals surface area contributed by atoms with E-state index >= 15 is 0 Å². The third kappa shape index (κ3) is 6.23. The van der Waals surface area contributed by atoms with Crippen LogP contribution in [0.1, 0.15) is 44.5 Å². The van der Waals surface area contributed by atoms with Crippen molar-refractivity contribution in [2.45, 2.75) is 46.0 Å². The van der Waals surface area contributed by atoms with Gasteiger partial charge in [0.25, 0.3) is 0 Å². The van der Waals surface area contributed by atoms with E-state index in [-0.39, 0.29) is 0 Å². The summed E-state index contributed by atoms with van der Waals surface area (Å²) in [6.45, 7) is 6.90. The molecular weight excluding hydrogens is 216 g/mol. The van der Waals surface area contributed by atoms with Crippen molar-refractivity contribution < 1.29 is 0 Å². The standard InChI is InChI=1S/C13H24N2S/c1-3-6-12(2)11-14-8-5-4-7-13-15-9-10-16-13/h9-10,12,14H,3-8,11H2,1-2H3. The van der Waals surface area contributed by atoms with Crippen LogP contribution in [-0.2, 0) is 6.42 Å². The lowest BCUT2D eigenvalue weighted by Gasteiger charge is -2.10. The maximum absolute atomic E-state index is 4.28. The number of rotatable bonds is 9. The Hall–Kier alpha value is -0.410. The second kappa shape index (κ2) is 8.71. The van der Waals surface area contributed by atoms with E-state index in [2.05, 4.69) is 29.5 Å². The molecule has 16 heavy (non-hydrogen) atoms. The second-order valence-corrected chi connectivity index (χ2v) is 5.46. The molecule has 0 aliphatic heterocycles. The number of thiazole rings is 1. The molecule has 0 spiro atoms. The molecule has 0 radical (unpaired) electrons. The van der Waals surface area contributed by atoms with Crippen LogP contribution in [-0.4, -0.2) is 18.1 Å². The summed E-state index contributed by atoms with van der Waals surface area (Å²) in [7, 11) is 0. The van der Waals surface area contributed by atoms with Gasteiger partial charge in [-0.3, -0.25) is 0 Å². The number of nitrogens with one attached hydrogen (secondary N) is 1. The van der Waals surface area contributed by atoms with E-state index in [4.69, 9.17) is 0 Å². The molecule has 3 heteroatoms. The first-order chi connectivity index (χ1) is 7.83. The van der Waals surface area contributed by atoms with E-state index in [0.29, 0.717) is 0 Å². The summed E-state index contributed by atoms with van der Waals surface area (Å²) in [6.07, 6.45) is 8.19. The summed E-state index contributed by atoms with van der Waals surface area (Å²) >= 11 is 1.77. The van der Waals surface area contributed by atoms with Gasteiger partial charge in [-0.25, -0.2) is 4.98 Å². The van der Waals surface area contributed by atoms with Gasteiger partial charge in [0.05, 0.1) is 5.01 Å². The second-order valence-electron chi connectivity index (χ2n) is 4.48. The van der Waals surface area contributed by atoms with Crippen LogP contribution in [0.4, 0.5) is 0 Å². The van der Waals surface area contributed by atoms with Crippen molar-refractivity contribution in [3.05, 3.63) is 16.6 Å². The molecule has 1 atom stereocenters. The predicted molar refractivity (Wildman–Crippen MR) is 72.0 cm³/mol. The van der Waals surface area contributed by atoms with Crippen molar-refractivity contribution in [1.29, 1.82) is 0 Å². The van der Waals surface area contributed by atoms with Crippen LogP contribution >= 0.6 is 11.3 Å². The highest BCUT2D eigenvalue weighted by molar-refractivity contribution is 7.09. The lowest BCUT2D eigenvalue weighted by molar-refractivity contribution is 0.470. The molecule has 0 bridgehead atoms. The molecular formula is C13H24N2S. The van der Waals surface area contributed by atoms with E-state index in [1.54, 1.807) is 11.3 Å². The van der Waals surface area contributed by atoms with Gasteiger partial charge in [0.15, 0.2) is 0 Å². The Morgan fingerprint density at radius 3 is 3.00 bits per heavy atom. The highest BCUT2D eigenvalue weighted by atomic mass is 32.1. The zero-order chi connectivity index (χ0) is 11.6.